The Morgan fingerprint density at radius 2 is 1.61 bits per heavy atom. The number of rotatable bonds is 6. The lowest BCUT2D eigenvalue weighted by Gasteiger charge is -2.39. The highest BCUT2D eigenvalue weighted by Crippen LogP contribution is 2.32. The summed E-state index contributed by atoms with van der Waals surface area (Å²) in [5, 5.41) is 22.2. The van der Waals surface area contributed by atoms with Gasteiger partial charge < -0.3 is 10.2 Å². The molecule has 0 fully saturated rings. The molecule has 0 bridgehead atoms. The summed E-state index contributed by atoms with van der Waals surface area (Å²) in [5.74, 6) is 0.776. The molecule has 0 aliphatic rings. The van der Waals surface area contributed by atoms with E-state index in [4.69, 9.17) is 0 Å². The van der Waals surface area contributed by atoms with Gasteiger partial charge >= 0.3 is 0 Å². The fourth-order valence-electron chi connectivity index (χ4n) is 2.37. The maximum absolute atomic E-state index is 10.8. The summed E-state index contributed by atoms with van der Waals surface area (Å²) in [6, 6.07) is 0. The Balaban J connectivity index is 5.34. The second kappa shape index (κ2) is 6.35. The summed E-state index contributed by atoms with van der Waals surface area (Å²) in [5.41, 5.74) is -1.10. The number of aliphatic hydroxyl groups is 2. The molecule has 0 saturated heterocycles. The highest BCUT2D eigenvalue weighted by atomic mass is 28.3. The molecule has 0 radical (unpaired) electrons. The Morgan fingerprint density at radius 1 is 1.17 bits per heavy atom. The monoisotopic (exact) mass is 272 g/mol. The lowest BCUT2D eigenvalue weighted by molar-refractivity contribution is -0.0400. The maximum Gasteiger partial charge on any atom is 0.105 e. The van der Waals surface area contributed by atoms with E-state index in [0.29, 0.717) is 18.3 Å². The zero-order valence-corrected chi connectivity index (χ0v) is 14.4. The van der Waals surface area contributed by atoms with Gasteiger partial charge in [-0.1, -0.05) is 58.6 Å². The molecule has 0 rings (SSSR count). The van der Waals surface area contributed by atoms with Crippen molar-refractivity contribution < 1.29 is 10.2 Å². The van der Waals surface area contributed by atoms with E-state index in [-0.39, 0.29) is 0 Å². The Labute approximate surface area is 114 Å². The van der Waals surface area contributed by atoms with Gasteiger partial charge in [0.25, 0.3) is 0 Å². The van der Waals surface area contributed by atoms with Crippen LogP contribution < -0.4 is 0 Å². The molecule has 0 aromatic heterocycles. The average Bonchev–Trinajstić information content (AvgIpc) is 2.10. The van der Waals surface area contributed by atoms with Crippen LogP contribution in [-0.4, -0.2) is 30.0 Å². The van der Waals surface area contributed by atoms with E-state index in [1.165, 1.54) is 0 Å². The second-order valence-corrected chi connectivity index (χ2v) is 12.4. The molecule has 0 aliphatic carbocycles. The molecule has 3 heteroatoms. The normalized spacial score (nSPS) is 19.2. The lowest BCUT2D eigenvalue weighted by atomic mass is 9.90. The van der Waals surface area contributed by atoms with Crippen molar-refractivity contribution in [2.24, 2.45) is 11.8 Å². The fourth-order valence-corrected chi connectivity index (χ4v) is 4.89. The molecular formula is C15H32O2Si. The van der Waals surface area contributed by atoms with Gasteiger partial charge in [0.1, 0.15) is 5.60 Å². The smallest absolute Gasteiger partial charge is 0.105 e. The highest BCUT2D eigenvalue weighted by Gasteiger charge is 2.40. The minimum atomic E-state index is -1.65. The quantitative estimate of drug-likeness (QED) is 0.725. The van der Waals surface area contributed by atoms with E-state index in [1.807, 2.05) is 0 Å². The molecule has 2 atom stereocenters. The molecular weight excluding hydrogens is 240 g/mol. The average molecular weight is 273 g/mol. The molecule has 0 aromatic carbocycles. The van der Waals surface area contributed by atoms with Gasteiger partial charge in [0, 0.05) is 0 Å². The van der Waals surface area contributed by atoms with Crippen LogP contribution in [0.1, 0.15) is 41.0 Å². The third-order valence-corrected chi connectivity index (χ3v) is 5.49. The van der Waals surface area contributed by atoms with E-state index < -0.39 is 19.8 Å². The van der Waals surface area contributed by atoms with Gasteiger partial charge in [0.05, 0.1) is 14.2 Å². The molecule has 0 spiro atoms. The number of allylic oxidation sites excluding steroid dienone is 1. The summed E-state index contributed by atoms with van der Waals surface area (Å²) in [6.45, 7) is 16.8. The standard InChI is InChI=1S/C15H32O2Si/c1-11(2)9-13(16)15(5,17)14(10-12(3)4)18(6,7)8/h10-13,16-17H,9H2,1-8H3/b14-10+/t13-,15-/m1/s1. The zero-order valence-electron chi connectivity index (χ0n) is 13.4. The molecule has 0 aromatic rings. The van der Waals surface area contributed by atoms with Gasteiger partial charge in [0.2, 0.25) is 0 Å². The molecule has 0 heterocycles. The van der Waals surface area contributed by atoms with E-state index in [2.05, 4.69) is 53.4 Å². The first kappa shape index (κ1) is 17.9. The third kappa shape index (κ3) is 5.25. The molecule has 2 N–H and O–H groups in total. The number of hydrogen-bond donors (Lipinski definition) is 2. The minimum absolute atomic E-state index is 0.383. The van der Waals surface area contributed by atoms with Crippen molar-refractivity contribution in [2.75, 3.05) is 0 Å². The first-order chi connectivity index (χ1) is 7.89. The van der Waals surface area contributed by atoms with Crippen LogP contribution in [0.3, 0.4) is 0 Å². The molecule has 108 valence electrons. The SMILES string of the molecule is CC(C)/C=C(\[C@](C)(O)[C@H](O)CC(C)C)[Si](C)(C)C. The zero-order chi connectivity index (χ0) is 14.7. The van der Waals surface area contributed by atoms with E-state index >= 15 is 0 Å². The molecule has 18 heavy (non-hydrogen) atoms. The summed E-state index contributed by atoms with van der Waals surface area (Å²) >= 11 is 0. The van der Waals surface area contributed by atoms with Crippen LogP contribution in [-0.2, 0) is 0 Å². The van der Waals surface area contributed by atoms with Gasteiger partial charge in [-0.15, -0.1) is 0 Å². The number of aliphatic hydroxyl groups excluding tert-OH is 1. The summed E-state index contributed by atoms with van der Waals surface area (Å²) in [7, 11) is -1.65. The summed E-state index contributed by atoms with van der Waals surface area (Å²) in [6.07, 6.45) is 2.09. The fraction of sp³-hybridized carbons (Fsp3) is 0.867. The Morgan fingerprint density at radius 3 is 1.89 bits per heavy atom. The highest BCUT2D eigenvalue weighted by molar-refractivity contribution is 6.83. The van der Waals surface area contributed by atoms with Gasteiger partial charge in [0.15, 0.2) is 0 Å². The molecule has 0 saturated carbocycles. The van der Waals surface area contributed by atoms with Crippen molar-refractivity contribution in [3.8, 4) is 0 Å². The van der Waals surface area contributed by atoms with Crippen molar-refractivity contribution >= 4 is 8.07 Å². The van der Waals surface area contributed by atoms with Crippen LogP contribution in [0.15, 0.2) is 11.3 Å². The molecule has 0 aliphatic heterocycles. The van der Waals surface area contributed by atoms with E-state index in [0.717, 1.165) is 5.20 Å². The van der Waals surface area contributed by atoms with Crippen molar-refractivity contribution in [1.29, 1.82) is 0 Å². The van der Waals surface area contributed by atoms with Gasteiger partial charge in [-0.05, 0) is 25.2 Å². The Kier molecular flexibility index (Phi) is 6.31. The van der Waals surface area contributed by atoms with Gasteiger partial charge in [-0.2, -0.15) is 0 Å². The second-order valence-electron chi connectivity index (χ2n) is 7.37. The lowest BCUT2D eigenvalue weighted by Crippen LogP contribution is -2.49. The van der Waals surface area contributed by atoms with Crippen LogP contribution in [0.25, 0.3) is 0 Å². The Bertz CT molecular complexity index is 285. The first-order valence-electron chi connectivity index (χ1n) is 7.02. The van der Waals surface area contributed by atoms with Crippen molar-refractivity contribution in [3.05, 3.63) is 11.3 Å². The first-order valence-corrected chi connectivity index (χ1v) is 10.5. The number of hydrogen-bond acceptors (Lipinski definition) is 2. The van der Waals surface area contributed by atoms with Crippen LogP contribution in [0.4, 0.5) is 0 Å². The van der Waals surface area contributed by atoms with E-state index in [1.54, 1.807) is 6.92 Å². The van der Waals surface area contributed by atoms with Crippen molar-refractivity contribution in [2.45, 2.75) is 72.4 Å². The maximum atomic E-state index is 10.8. The van der Waals surface area contributed by atoms with Crippen molar-refractivity contribution in [1.82, 2.24) is 0 Å². The third-order valence-electron chi connectivity index (χ3n) is 3.20. The Hall–Kier alpha value is -0.123. The predicted molar refractivity (Wildman–Crippen MR) is 82.4 cm³/mol. The van der Waals surface area contributed by atoms with Crippen LogP contribution in [0, 0.1) is 11.8 Å². The van der Waals surface area contributed by atoms with Gasteiger partial charge in [-0.3, -0.25) is 0 Å². The van der Waals surface area contributed by atoms with Crippen LogP contribution in [0.5, 0.6) is 0 Å². The molecule has 0 unspecified atom stereocenters. The molecule has 0 amide bonds. The minimum Gasteiger partial charge on any atom is -0.390 e. The topological polar surface area (TPSA) is 40.5 Å². The molecule has 2 nitrogen and oxygen atoms in total. The summed E-state index contributed by atoms with van der Waals surface area (Å²) in [4.78, 5) is 0. The largest absolute Gasteiger partial charge is 0.390 e. The summed E-state index contributed by atoms with van der Waals surface area (Å²) < 4.78 is 0. The predicted octanol–water partition coefficient (Wildman–Crippen LogP) is 3.60. The van der Waals surface area contributed by atoms with E-state index in [9.17, 15) is 10.2 Å². The van der Waals surface area contributed by atoms with Crippen molar-refractivity contribution in [3.63, 3.8) is 0 Å². The van der Waals surface area contributed by atoms with Crippen LogP contribution in [0.2, 0.25) is 19.6 Å². The van der Waals surface area contributed by atoms with Gasteiger partial charge in [-0.25, -0.2) is 0 Å². The van der Waals surface area contributed by atoms with Crippen LogP contribution >= 0.6 is 0 Å².